The first-order valence-electron chi connectivity index (χ1n) is 8.04. The first-order valence-corrected chi connectivity index (χ1v) is 8.85. The number of carbonyl (C=O) groups is 2. The standard InChI is InChI=1S/C18H17N5O3S/c1-4-9-26-17(25)15-11(2)21-18(27-15)22-16(24)13-10-20-23(12(13)3)14-7-5-6-8-19-14/h4-8,10H,1,9H2,2-3H3,(H,21,22,24). The van der Waals surface area contributed by atoms with E-state index >= 15 is 0 Å². The zero-order valence-corrected chi connectivity index (χ0v) is 15.6. The number of nitrogens with zero attached hydrogens (tertiary/aromatic N) is 4. The molecule has 3 heterocycles. The van der Waals surface area contributed by atoms with Gasteiger partial charge in [0.15, 0.2) is 10.9 Å². The average molecular weight is 383 g/mol. The molecule has 8 nitrogen and oxygen atoms in total. The number of esters is 1. The highest BCUT2D eigenvalue weighted by Gasteiger charge is 2.20. The van der Waals surface area contributed by atoms with Gasteiger partial charge in [-0.1, -0.05) is 30.1 Å². The van der Waals surface area contributed by atoms with E-state index in [0.29, 0.717) is 32.8 Å². The Balaban J connectivity index is 1.78. The van der Waals surface area contributed by atoms with Crippen molar-refractivity contribution in [1.82, 2.24) is 19.7 Å². The number of hydrogen-bond acceptors (Lipinski definition) is 7. The highest BCUT2D eigenvalue weighted by Crippen LogP contribution is 2.24. The predicted molar refractivity (Wildman–Crippen MR) is 101 cm³/mol. The van der Waals surface area contributed by atoms with Crippen LogP contribution in [-0.4, -0.2) is 38.2 Å². The normalized spacial score (nSPS) is 10.4. The van der Waals surface area contributed by atoms with E-state index in [1.165, 1.54) is 12.3 Å². The number of pyridine rings is 1. The van der Waals surface area contributed by atoms with E-state index in [4.69, 9.17) is 4.74 Å². The van der Waals surface area contributed by atoms with Gasteiger partial charge in [-0.2, -0.15) is 5.10 Å². The fourth-order valence-electron chi connectivity index (χ4n) is 2.35. The molecule has 1 N–H and O–H groups in total. The van der Waals surface area contributed by atoms with Crippen LogP contribution in [0.2, 0.25) is 0 Å². The molecular weight excluding hydrogens is 366 g/mol. The van der Waals surface area contributed by atoms with Gasteiger partial charge in [0.25, 0.3) is 5.91 Å². The third-order valence-corrected chi connectivity index (χ3v) is 4.71. The maximum absolute atomic E-state index is 12.6. The summed E-state index contributed by atoms with van der Waals surface area (Å²) < 4.78 is 6.60. The van der Waals surface area contributed by atoms with E-state index in [-0.39, 0.29) is 12.5 Å². The molecule has 0 radical (unpaired) electrons. The second-order valence-electron chi connectivity index (χ2n) is 5.52. The molecular formula is C18H17N5O3S. The predicted octanol–water partition coefficient (Wildman–Crippen LogP) is 2.94. The Morgan fingerprint density at radius 3 is 2.89 bits per heavy atom. The Bertz CT molecular complexity index is 994. The minimum atomic E-state index is -0.496. The number of aromatic nitrogens is 4. The lowest BCUT2D eigenvalue weighted by atomic mass is 10.2. The Hall–Kier alpha value is -3.33. The number of aryl methyl sites for hydroxylation is 1. The van der Waals surface area contributed by atoms with Crippen molar-refractivity contribution >= 4 is 28.3 Å². The molecule has 0 aliphatic heterocycles. The number of anilines is 1. The topological polar surface area (TPSA) is 99.0 Å². The van der Waals surface area contributed by atoms with Gasteiger partial charge in [-0.15, -0.1) is 0 Å². The van der Waals surface area contributed by atoms with Crippen molar-refractivity contribution in [2.24, 2.45) is 0 Å². The molecule has 3 aromatic rings. The monoisotopic (exact) mass is 383 g/mol. The van der Waals surface area contributed by atoms with Gasteiger partial charge in [0, 0.05) is 6.20 Å². The second-order valence-corrected chi connectivity index (χ2v) is 6.52. The van der Waals surface area contributed by atoms with Crippen LogP contribution in [0.4, 0.5) is 5.13 Å². The van der Waals surface area contributed by atoms with Gasteiger partial charge in [-0.3, -0.25) is 10.1 Å². The van der Waals surface area contributed by atoms with Crippen molar-refractivity contribution in [3.8, 4) is 5.82 Å². The quantitative estimate of drug-likeness (QED) is 0.519. The lowest BCUT2D eigenvalue weighted by Gasteiger charge is -2.04. The fourth-order valence-corrected chi connectivity index (χ4v) is 3.20. The van der Waals surface area contributed by atoms with Crippen molar-refractivity contribution in [2.75, 3.05) is 11.9 Å². The Morgan fingerprint density at radius 1 is 1.37 bits per heavy atom. The lowest BCUT2D eigenvalue weighted by molar-refractivity contribution is 0.0554. The molecule has 9 heteroatoms. The van der Waals surface area contributed by atoms with Crippen LogP contribution >= 0.6 is 11.3 Å². The van der Waals surface area contributed by atoms with Crippen molar-refractivity contribution in [2.45, 2.75) is 13.8 Å². The van der Waals surface area contributed by atoms with E-state index in [1.54, 1.807) is 36.9 Å². The van der Waals surface area contributed by atoms with E-state index in [0.717, 1.165) is 11.3 Å². The largest absolute Gasteiger partial charge is 0.457 e. The maximum Gasteiger partial charge on any atom is 0.350 e. The maximum atomic E-state index is 12.6. The molecule has 0 bridgehead atoms. The lowest BCUT2D eigenvalue weighted by Crippen LogP contribution is -2.13. The molecule has 0 aliphatic rings. The Kier molecular flexibility index (Phi) is 5.41. The third-order valence-electron chi connectivity index (χ3n) is 3.66. The number of thiazole rings is 1. The summed E-state index contributed by atoms with van der Waals surface area (Å²) in [6, 6.07) is 5.44. The minimum absolute atomic E-state index is 0.115. The molecule has 3 rings (SSSR count). The molecule has 27 heavy (non-hydrogen) atoms. The number of rotatable bonds is 6. The fraction of sp³-hybridized carbons (Fsp3) is 0.167. The summed E-state index contributed by atoms with van der Waals surface area (Å²) in [4.78, 5) is 33.4. The molecule has 0 aromatic carbocycles. The molecule has 0 fully saturated rings. The molecule has 0 aliphatic carbocycles. The highest BCUT2D eigenvalue weighted by atomic mass is 32.1. The van der Waals surface area contributed by atoms with Crippen LogP contribution in [-0.2, 0) is 4.74 Å². The zero-order valence-electron chi connectivity index (χ0n) is 14.8. The van der Waals surface area contributed by atoms with Gasteiger partial charge in [-0.05, 0) is 26.0 Å². The van der Waals surface area contributed by atoms with Crippen molar-refractivity contribution < 1.29 is 14.3 Å². The Labute approximate surface area is 159 Å². The van der Waals surface area contributed by atoms with E-state index in [1.807, 2.05) is 6.07 Å². The summed E-state index contributed by atoms with van der Waals surface area (Å²) in [6.45, 7) is 7.08. The van der Waals surface area contributed by atoms with Gasteiger partial charge in [-0.25, -0.2) is 19.4 Å². The van der Waals surface area contributed by atoms with Gasteiger partial charge in [0.2, 0.25) is 0 Å². The van der Waals surface area contributed by atoms with Crippen molar-refractivity contribution in [3.63, 3.8) is 0 Å². The van der Waals surface area contributed by atoms with Crippen LogP contribution in [0.15, 0.2) is 43.2 Å². The molecule has 0 atom stereocenters. The van der Waals surface area contributed by atoms with Crippen LogP contribution in [0.5, 0.6) is 0 Å². The van der Waals surface area contributed by atoms with Crippen LogP contribution in [0, 0.1) is 13.8 Å². The van der Waals surface area contributed by atoms with Gasteiger partial charge in [0.1, 0.15) is 11.5 Å². The second kappa shape index (κ2) is 7.92. The van der Waals surface area contributed by atoms with Gasteiger partial charge < -0.3 is 4.74 Å². The van der Waals surface area contributed by atoms with Crippen molar-refractivity contribution in [3.05, 3.63) is 65.1 Å². The summed E-state index contributed by atoms with van der Waals surface area (Å²) in [6.07, 6.45) is 4.61. The minimum Gasteiger partial charge on any atom is -0.457 e. The molecule has 0 saturated carbocycles. The summed E-state index contributed by atoms with van der Waals surface area (Å²) in [5.74, 6) is -0.245. The molecule has 1 amide bonds. The molecule has 0 unspecified atom stereocenters. The summed E-state index contributed by atoms with van der Waals surface area (Å²) in [5, 5.41) is 7.24. The summed E-state index contributed by atoms with van der Waals surface area (Å²) in [5.41, 5.74) is 1.53. The number of carbonyl (C=O) groups excluding carboxylic acids is 2. The number of hydrogen-bond donors (Lipinski definition) is 1. The zero-order chi connectivity index (χ0) is 19.4. The van der Waals surface area contributed by atoms with E-state index < -0.39 is 5.97 Å². The number of ether oxygens (including phenoxy) is 1. The van der Waals surface area contributed by atoms with E-state index in [2.05, 4.69) is 27.0 Å². The highest BCUT2D eigenvalue weighted by molar-refractivity contribution is 7.17. The summed E-state index contributed by atoms with van der Waals surface area (Å²) >= 11 is 1.06. The Morgan fingerprint density at radius 2 is 2.19 bits per heavy atom. The SMILES string of the molecule is C=CCOC(=O)c1sc(NC(=O)c2cnn(-c3ccccn3)c2C)nc1C. The third kappa shape index (κ3) is 3.93. The van der Waals surface area contributed by atoms with Crippen molar-refractivity contribution in [1.29, 1.82) is 0 Å². The molecule has 3 aromatic heterocycles. The number of amides is 1. The van der Waals surface area contributed by atoms with E-state index in [9.17, 15) is 9.59 Å². The van der Waals surface area contributed by atoms with Crippen LogP contribution in [0.25, 0.3) is 5.82 Å². The van der Waals surface area contributed by atoms with Crippen LogP contribution < -0.4 is 5.32 Å². The molecule has 0 saturated heterocycles. The van der Waals surface area contributed by atoms with Gasteiger partial charge in [0.05, 0.1) is 23.1 Å². The van der Waals surface area contributed by atoms with Crippen LogP contribution in [0.3, 0.4) is 0 Å². The first-order chi connectivity index (χ1) is 13.0. The average Bonchev–Trinajstić information content (AvgIpc) is 3.23. The molecule has 0 spiro atoms. The first kappa shape index (κ1) is 18.5. The number of nitrogens with one attached hydrogen (secondary N) is 1. The smallest absolute Gasteiger partial charge is 0.350 e. The van der Waals surface area contributed by atoms with Gasteiger partial charge >= 0.3 is 5.97 Å². The van der Waals surface area contributed by atoms with Crippen LogP contribution in [0.1, 0.15) is 31.4 Å². The summed E-state index contributed by atoms with van der Waals surface area (Å²) in [7, 11) is 0. The molecule has 138 valence electrons.